The topological polar surface area (TPSA) is 105 Å². The first-order chi connectivity index (χ1) is 16.9. The van der Waals surface area contributed by atoms with Crippen molar-refractivity contribution in [3.05, 3.63) is 11.9 Å². The van der Waals surface area contributed by atoms with Gasteiger partial charge in [0.15, 0.2) is 5.65 Å². The van der Waals surface area contributed by atoms with Crippen molar-refractivity contribution in [3.63, 3.8) is 0 Å². The zero-order valence-electron chi connectivity index (χ0n) is 21.5. The zero-order chi connectivity index (χ0) is 24.9. The Bertz CT molecular complexity index is 1020. The monoisotopic (exact) mass is 485 g/mol. The van der Waals surface area contributed by atoms with Crippen molar-refractivity contribution in [3.8, 4) is 0 Å². The number of hydrogen-bond acceptors (Lipinski definition) is 7. The van der Waals surface area contributed by atoms with Crippen LogP contribution in [0.3, 0.4) is 0 Å². The van der Waals surface area contributed by atoms with E-state index in [1.807, 2.05) is 18.1 Å². The first-order valence-electron chi connectivity index (χ1n) is 12.9. The largest absolute Gasteiger partial charge is 0.453 e. The lowest BCUT2D eigenvalue weighted by Crippen LogP contribution is -2.40. The van der Waals surface area contributed by atoms with Gasteiger partial charge >= 0.3 is 6.09 Å². The van der Waals surface area contributed by atoms with Crippen LogP contribution in [0.1, 0.15) is 63.5 Å². The summed E-state index contributed by atoms with van der Waals surface area (Å²) in [4.78, 5) is 37.8. The van der Waals surface area contributed by atoms with Crippen molar-refractivity contribution in [1.82, 2.24) is 30.0 Å². The van der Waals surface area contributed by atoms with E-state index in [0.717, 1.165) is 87.4 Å². The minimum atomic E-state index is -0.293. The number of carbonyl (C=O) groups excluding carboxylic acids is 2. The number of anilines is 1. The molecule has 0 aromatic carbocycles. The fourth-order valence-corrected chi connectivity index (χ4v) is 5.64. The summed E-state index contributed by atoms with van der Waals surface area (Å²) < 4.78 is 6.62. The predicted molar refractivity (Wildman–Crippen MR) is 134 cm³/mol. The fourth-order valence-electron chi connectivity index (χ4n) is 5.64. The molecule has 0 saturated carbocycles. The molecule has 2 aliphatic rings. The molecule has 0 bridgehead atoms. The van der Waals surface area contributed by atoms with Gasteiger partial charge in [-0.3, -0.25) is 4.79 Å². The van der Waals surface area contributed by atoms with Gasteiger partial charge in [-0.1, -0.05) is 13.3 Å². The van der Waals surface area contributed by atoms with Crippen molar-refractivity contribution in [2.24, 2.45) is 18.9 Å². The molecule has 10 heteroatoms. The number of nitrogens with zero attached hydrogens (tertiary/aromatic N) is 6. The standard InChI is InChI=1S/C25H39N7O3/c1-5-6-19(23(33)26-2)21-20-16-27-24(28-22(20)30(3)29-21)31-11-7-17(8-12-31)15-18-9-13-32(14-10-18)25(34)35-4/h16-19H,5-15H2,1-4H3,(H,26,33). The van der Waals surface area contributed by atoms with Gasteiger partial charge in [0, 0.05) is 46.5 Å². The summed E-state index contributed by atoms with van der Waals surface area (Å²) in [5.74, 6) is 1.82. The molecule has 10 nitrogen and oxygen atoms in total. The molecule has 2 aromatic heterocycles. The Kier molecular flexibility index (Phi) is 8.07. The number of hydrogen-bond donors (Lipinski definition) is 1. The molecule has 35 heavy (non-hydrogen) atoms. The van der Waals surface area contributed by atoms with E-state index >= 15 is 0 Å². The SMILES string of the molecule is CCCC(C(=O)NC)c1nn(C)c2nc(N3CCC(CC4CCN(C(=O)OC)CC4)CC3)ncc12. The van der Waals surface area contributed by atoms with Crippen molar-refractivity contribution in [2.75, 3.05) is 45.2 Å². The Morgan fingerprint density at radius 2 is 1.80 bits per heavy atom. The Morgan fingerprint density at radius 1 is 1.14 bits per heavy atom. The third-order valence-corrected chi connectivity index (χ3v) is 7.68. The summed E-state index contributed by atoms with van der Waals surface area (Å²) in [5, 5.41) is 8.29. The molecular weight excluding hydrogens is 446 g/mol. The third kappa shape index (κ3) is 5.51. The van der Waals surface area contributed by atoms with Crippen LogP contribution in [0.15, 0.2) is 6.20 Å². The molecule has 1 atom stereocenters. The maximum absolute atomic E-state index is 12.5. The summed E-state index contributed by atoms with van der Waals surface area (Å²) in [5.41, 5.74) is 1.53. The van der Waals surface area contributed by atoms with Gasteiger partial charge in [0.05, 0.1) is 24.1 Å². The number of aryl methyl sites for hydroxylation is 1. The smallest absolute Gasteiger partial charge is 0.409 e. The van der Waals surface area contributed by atoms with Gasteiger partial charge in [-0.15, -0.1) is 0 Å². The number of piperidine rings is 2. The van der Waals surface area contributed by atoms with Crippen molar-refractivity contribution >= 4 is 29.0 Å². The van der Waals surface area contributed by atoms with E-state index in [1.165, 1.54) is 13.5 Å². The molecule has 192 valence electrons. The number of ether oxygens (including phenoxy) is 1. The lowest BCUT2D eigenvalue weighted by atomic mass is 9.83. The number of aromatic nitrogens is 4. The average Bonchev–Trinajstić information content (AvgIpc) is 3.22. The highest BCUT2D eigenvalue weighted by Gasteiger charge is 2.29. The first kappa shape index (κ1) is 25.2. The number of nitrogens with one attached hydrogen (secondary N) is 1. The second-order valence-electron chi connectivity index (χ2n) is 9.94. The predicted octanol–water partition coefficient (Wildman–Crippen LogP) is 3.08. The van der Waals surface area contributed by atoms with Gasteiger partial charge in [-0.25, -0.2) is 14.5 Å². The van der Waals surface area contributed by atoms with Crippen molar-refractivity contribution < 1.29 is 14.3 Å². The third-order valence-electron chi connectivity index (χ3n) is 7.68. The van der Waals surface area contributed by atoms with Crippen LogP contribution in [0.5, 0.6) is 0 Å². The van der Waals surface area contributed by atoms with E-state index in [1.54, 1.807) is 11.7 Å². The highest BCUT2D eigenvalue weighted by Crippen LogP contribution is 2.32. The Hall–Kier alpha value is -2.91. The zero-order valence-corrected chi connectivity index (χ0v) is 21.5. The van der Waals surface area contributed by atoms with Crippen LogP contribution in [0.4, 0.5) is 10.7 Å². The van der Waals surface area contributed by atoms with E-state index in [0.29, 0.717) is 11.8 Å². The van der Waals surface area contributed by atoms with Gasteiger partial charge in [-0.2, -0.15) is 10.1 Å². The number of amides is 2. The van der Waals surface area contributed by atoms with Gasteiger partial charge in [0.1, 0.15) is 0 Å². The van der Waals surface area contributed by atoms with Crippen LogP contribution >= 0.6 is 0 Å². The van der Waals surface area contributed by atoms with Crippen molar-refractivity contribution in [1.29, 1.82) is 0 Å². The lowest BCUT2D eigenvalue weighted by molar-refractivity contribution is -0.122. The molecule has 1 unspecified atom stereocenters. The second kappa shape index (κ2) is 11.2. The molecule has 4 heterocycles. The molecule has 2 amide bonds. The summed E-state index contributed by atoms with van der Waals surface area (Å²) in [6.07, 6.45) is 8.88. The van der Waals surface area contributed by atoms with Crippen LogP contribution in [0.2, 0.25) is 0 Å². The number of methoxy groups -OCH3 is 1. The number of carbonyl (C=O) groups is 2. The molecule has 0 radical (unpaired) electrons. The maximum Gasteiger partial charge on any atom is 0.409 e. The quantitative estimate of drug-likeness (QED) is 0.642. The number of likely N-dealkylation sites (N-methyl/N-ethyl adjacent to an activating group) is 1. The Balaban J connectivity index is 1.37. The fraction of sp³-hybridized carbons (Fsp3) is 0.720. The number of likely N-dealkylation sites (tertiary alicyclic amines) is 1. The van der Waals surface area contributed by atoms with Crippen LogP contribution in [0.25, 0.3) is 11.0 Å². The summed E-state index contributed by atoms with van der Waals surface area (Å²) >= 11 is 0. The van der Waals surface area contributed by atoms with Crippen LogP contribution in [-0.4, -0.2) is 77.0 Å². The molecule has 2 aliphatic heterocycles. The van der Waals surface area contributed by atoms with Crippen LogP contribution in [-0.2, 0) is 16.6 Å². The Morgan fingerprint density at radius 3 is 2.40 bits per heavy atom. The highest BCUT2D eigenvalue weighted by atomic mass is 16.5. The van der Waals surface area contributed by atoms with E-state index in [-0.39, 0.29) is 17.9 Å². The molecule has 2 saturated heterocycles. The number of fused-ring (bicyclic) bond motifs is 1. The van der Waals surface area contributed by atoms with Gasteiger partial charge in [0.2, 0.25) is 11.9 Å². The molecule has 2 fully saturated rings. The molecule has 0 aliphatic carbocycles. The summed E-state index contributed by atoms with van der Waals surface area (Å²) in [7, 11) is 5.00. The lowest BCUT2D eigenvalue weighted by Gasteiger charge is -2.36. The minimum absolute atomic E-state index is 0.0195. The highest BCUT2D eigenvalue weighted by molar-refractivity contribution is 5.89. The van der Waals surface area contributed by atoms with Gasteiger partial charge in [-0.05, 0) is 50.4 Å². The molecule has 0 spiro atoms. The summed E-state index contributed by atoms with van der Waals surface area (Å²) in [6, 6.07) is 0. The minimum Gasteiger partial charge on any atom is -0.453 e. The maximum atomic E-state index is 12.5. The molecule has 1 N–H and O–H groups in total. The van der Waals surface area contributed by atoms with E-state index < -0.39 is 0 Å². The average molecular weight is 486 g/mol. The molecule has 4 rings (SSSR count). The van der Waals surface area contributed by atoms with Gasteiger partial charge in [0.25, 0.3) is 0 Å². The first-order valence-corrected chi connectivity index (χ1v) is 12.9. The second-order valence-corrected chi connectivity index (χ2v) is 9.94. The van der Waals surface area contributed by atoms with Crippen LogP contribution < -0.4 is 10.2 Å². The van der Waals surface area contributed by atoms with E-state index in [4.69, 9.17) is 9.72 Å². The van der Waals surface area contributed by atoms with Crippen LogP contribution in [0, 0.1) is 11.8 Å². The van der Waals surface area contributed by atoms with Gasteiger partial charge < -0.3 is 19.9 Å². The molecular formula is C25H39N7O3. The Labute approximate surface area is 207 Å². The van der Waals surface area contributed by atoms with E-state index in [2.05, 4.69) is 27.2 Å². The normalized spacial score (nSPS) is 18.6. The summed E-state index contributed by atoms with van der Waals surface area (Å²) in [6.45, 7) is 5.56. The number of rotatable bonds is 7. The van der Waals surface area contributed by atoms with E-state index in [9.17, 15) is 9.59 Å². The molecule has 2 aromatic rings. The van der Waals surface area contributed by atoms with Crippen molar-refractivity contribution in [2.45, 2.75) is 57.8 Å².